The average Bonchev–Trinajstić information content (AvgIpc) is 2.44. The van der Waals surface area contributed by atoms with Crippen molar-refractivity contribution in [3.8, 4) is 0 Å². The van der Waals surface area contributed by atoms with Gasteiger partial charge in [0.25, 0.3) is 0 Å². The maximum atomic E-state index is 12.3. The number of hydrogen-bond donors (Lipinski definition) is 1. The van der Waals surface area contributed by atoms with E-state index in [-0.39, 0.29) is 24.5 Å². The minimum Gasteiger partial charge on any atom is -0.450 e. The summed E-state index contributed by atoms with van der Waals surface area (Å²) in [5.74, 6) is -0.157. The maximum absolute atomic E-state index is 12.3. The van der Waals surface area contributed by atoms with Gasteiger partial charge in [-0.15, -0.1) is 0 Å². The third kappa shape index (κ3) is 4.38. The van der Waals surface area contributed by atoms with Gasteiger partial charge in [0.1, 0.15) is 0 Å². The molecule has 0 aromatic rings. The van der Waals surface area contributed by atoms with Gasteiger partial charge in [-0.1, -0.05) is 0 Å². The number of likely N-dealkylation sites (tertiary alicyclic amines) is 1. The van der Waals surface area contributed by atoms with Crippen LogP contribution in [0.15, 0.2) is 0 Å². The number of carbonyl (C=O) groups is 2. The molecule has 1 fully saturated rings. The molecule has 0 spiro atoms. The van der Waals surface area contributed by atoms with Crippen LogP contribution in [-0.4, -0.2) is 66.3 Å². The molecule has 1 aliphatic rings. The molecule has 110 valence electrons. The Morgan fingerprint density at radius 2 is 2.16 bits per heavy atom. The van der Waals surface area contributed by atoms with Crippen molar-refractivity contribution in [2.45, 2.75) is 26.7 Å². The zero-order valence-electron chi connectivity index (χ0n) is 11.8. The van der Waals surface area contributed by atoms with Crippen LogP contribution >= 0.6 is 0 Å². The molecule has 0 aromatic heterocycles. The predicted molar refractivity (Wildman–Crippen MR) is 70.7 cm³/mol. The summed E-state index contributed by atoms with van der Waals surface area (Å²) in [6.45, 7) is 5.96. The number of hydrogen-bond acceptors (Lipinski definition) is 4. The Labute approximate surface area is 114 Å². The Morgan fingerprint density at radius 1 is 1.42 bits per heavy atom. The number of piperidine rings is 1. The Kier molecular flexibility index (Phi) is 6.62. The summed E-state index contributed by atoms with van der Waals surface area (Å²) < 4.78 is 4.97. The maximum Gasteiger partial charge on any atom is 0.409 e. The fraction of sp³-hybridized carbons (Fsp3) is 0.846. The highest BCUT2D eigenvalue weighted by Gasteiger charge is 2.31. The molecule has 2 amide bonds. The second kappa shape index (κ2) is 7.99. The molecular formula is C13H24N2O4. The van der Waals surface area contributed by atoms with Crippen molar-refractivity contribution in [3.05, 3.63) is 0 Å². The van der Waals surface area contributed by atoms with E-state index in [1.54, 1.807) is 16.7 Å². The van der Waals surface area contributed by atoms with Crippen LogP contribution in [0, 0.1) is 5.92 Å². The number of ether oxygens (including phenoxy) is 1. The number of rotatable bonds is 5. The van der Waals surface area contributed by atoms with Gasteiger partial charge in [-0.3, -0.25) is 4.79 Å². The normalized spacial score (nSPS) is 19.1. The summed E-state index contributed by atoms with van der Waals surface area (Å²) in [7, 11) is 0. The summed E-state index contributed by atoms with van der Waals surface area (Å²) in [6, 6.07) is 0. The van der Waals surface area contributed by atoms with E-state index < -0.39 is 0 Å². The van der Waals surface area contributed by atoms with E-state index in [1.807, 2.05) is 6.92 Å². The first-order chi connectivity index (χ1) is 9.13. The second-order valence-electron chi connectivity index (χ2n) is 4.63. The van der Waals surface area contributed by atoms with Gasteiger partial charge >= 0.3 is 6.09 Å². The second-order valence-corrected chi connectivity index (χ2v) is 4.63. The van der Waals surface area contributed by atoms with Gasteiger partial charge in [-0.05, 0) is 26.7 Å². The molecule has 0 bridgehead atoms. The molecule has 1 heterocycles. The van der Waals surface area contributed by atoms with E-state index in [0.717, 1.165) is 12.8 Å². The van der Waals surface area contributed by atoms with Crippen molar-refractivity contribution in [1.82, 2.24) is 9.80 Å². The zero-order valence-corrected chi connectivity index (χ0v) is 11.8. The molecule has 1 atom stereocenters. The van der Waals surface area contributed by atoms with Gasteiger partial charge < -0.3 is 19.6 Å². The third-order valence-corrected chi connectivity index (χ3v) is 3.36. The molecule has 1 unspecified atom stereocenters. The summed E-state index contributed by atoms with van der Waals surface area (Å²) >= 11 is 0. The molecule has 1 aliphatic heterocycles. The number of aliphatic hydroxyl groups is 1. The standard InChI is InChI=1S/C13H24N2O4/c1-3-14(8-9-16)12(17)11-6-5-7-15(10-11)13(18)19-4-2/h11,16H,3-10H2,1-2H3. The lowest BCUT2D eigenvalue weighted by molar-refractivity contribution is -0.137. The van der Waals surface area contributed by atoms with E-state index in [2.05, 4.69) is 0 Å². The number of amides is 2. The van der Waals surface area contributed by atoms with Crippen molar-refractivity contribution in [2.24, 2.45) is 5.92 Å². The summed E-state index contributed by atoms with van der Waals surface area (Å²) in [4.78, 5) is 27.2. The SMILES string of the molecule is CCOC(=O)N1CCCC(C(=O)N(CC)CCO)C1. The lowest BCUT2D eigenvalue weighted by atomic mass is 9.97. The largest absolute Gasteiger partial charge is 0.450 e. The molecule has 6 nitrogen and oxygen atoms in total. The molecule has 19 heavy (non-hydrogen) atoms. The molecule has 6 heteroatoms. The number of aliphatic hydroxyl groups excluding tert-OH is 1. The fourth-order valence-electron chi connectivity index (χ4n) is 2.36. The highest BCUT2D eigenvalue weighted by molar-refractivity contribution is 5.80. The van der Waals surface area contributed by atoms with Crippen molar-refractivity contribution in [3.63, 3.8) is 0 Å². The van der Waals surface area contributed by atoms with E-state index in [1.165, 1.54) is 0 Å². The Hall–Kier alpha value is -1.30. The lowest BCUT2D eigenvalue weighted by Crippen LogP contribution is -2.47. The summed E-state index contributed by atoms with van der Waals surface area (Å²) in [6.07, 6.45) is 1.26. The summed E-state index contributed by atoms with van der Waals surface area (Å²) in [5.41, 5.74) is 0. The smallest absolute Gasteiger partial charge is 0.409 e. The quantitative estimate of drug-likeness (QED) is 0.799. The Balaban J connectivity index is 2.58. The molecule has 0 aliphatic carbocycles. The molecule has 0 radical (unpaired) electrons. The van der Waals surface area contributed by atoms with E-state index in [9.17, 15) is 9.59 Å². The van der Waals surface area contributed by atoms with Crippen LogP contribution in [0.1, 0.15) is 26.7 Å². The first kappa shape index (κ1) is 15.8. The van der Waals surface area contributed by atoms with Gasteiger partial charge in [-0.2, -0.15) is 0 Å². The highest BCUT2D eigenvalue weighted by Crippen LogP contribution is 2.19. The Morgan fingerprint density at radius 3 is 2.74 bits per heavy atom. The van der Waals surface area contributed by atoms with Crippen molar-refractivity contribution >= 4 is 12.0 Å². The molecule has 1 saturated heterocycles. The minimum atomic E-state index is -0.342. The van der Waals surface area contributed by atoms with Crippen LogP contribution in [-0.2, 0) is 9.53 Å². The van der Waals surface area contributed by atoms with Crippen LogP contribution < -0.4 is 0 Å². The zero-order chi connectivity index (χ0) is 14.3. The highest BCUT2D eigenvalue weighted by atomic mass is 16.6. The minimum absolute atomic E-state index is 0.0190. The van der Waals surface area contributed by atoms with Gasteiger partial charge in [0.05, 0.1) is 19.1 Å². The first-order valence-electron chi connectivity index (χ1n) is 6.95. The van der Waals surface area contributed by atoms with Crippen LogP contribution in [0.3, 0.4) is 0 Å². The van der Waals surface area contributed by atoms with Crippen molar-refractivity contribution in [1.29, 1.82) is 0 Å². The number of likely N-dealkylation sites (N-methyl/N-ethyl adjacent to an activating group) is 1. The fourth-order valence-corrected chi connectivity index (χ4v) is 2.36. The lowest BCUT2D eigenvalue weighted by Gasteiger charge is -2.34. The third-order valence-electron chi connectivity index (χ3n) is 3.36. The molecule has 1 rings (SSSR count). The average molecular weight is 272 g/mol. The number of carbonyl (C=O) groups excluding carboxylic acids is 2. The van der Waals surface area contributed by atoms with E-state index in [4.69, 9.17) is 9.84 Å². The van der Waals surface area contributed by atoms with Crippen LogP contribution in [0.2, 0.25) is 0 Å². The number of nitrogens with zero attached hydrogens (tertiary/aromatic N) is 2. The molecule has 0 aromatic carbocycles. The van der Waals surface area contributed by atoms with Gasteiger partial charge in [-0.25, -0.2) is 4.79 Å². The van der Waals surface area contributed by atoms with Gasteiger partial charge in [0.15, 0.2) is 0 Å². The molecule has 1 N–H and O–H groups in total. The monoisotopic (exact) mass is 272 g/mol. The van der Waals surface area contributed by atoms with Crippen LogP contribution in [0.25, 0.3) is 0 Å². The van der Waals surface area contributed by atoms with Crippen LogP contribution in [0.4, 0.5) is 4.79 Å². The van der Waals surface area contributed by atoms with E-state index >= 15 is 0 Å². The first-order valence-corrected chi connectivity index (χ1v) is 6.95. The van der Waals surface area contributed by atoms with Crippen molar-refractivity contribution < 1.29 is 19.4 Å². The van der Waals surface area contributed by atoms with Gasteiger partial charge in [0.2, 0.25) is 5.91 Å². The van der Waals surface area contributed by atoms with Gasteiger partial charge in [0, 0.05) is 26.2 Å². The predicted octanol–water partition coefficient (Wildman–Crippen LogP) is 0.696. The summed E-state index contributed by atoms with van der Waals surface area (Å²) in [5, 5.41) is 8.95. The molecule has 0 saturated carbocycles. The van der Waals surface area contributed by atoms with E-state index in [0.29, 0.717) is 32.8 Å². The topological polar surface area (TPSA) is 70.1 Å². The Bertz CT molecular complexity index is 309. The van der Waals surface area contributed by atoms with Crippen LogP contribution in [0.5, 0.6) is 0 Å². The molecular weight excluding hydrogens is 248 g/mol. The van der Waals surface area contributed by atoms with Crippen molar-refractivity contribution in [2.75, 3.05) is 39.4 Å².